The van der Waals surface area contributed by atoms with Crippen LogP contribution in [0, 0.1) is 6.92 Å². The molecule has 0 bridgehead atoms. The molecule has 1 heterocycles. The Labute approximate surface area is 126 Å². The molecule has 0 spiro atoms. The normalized spacial score (nSPS) is 10.9. The van der Waals surface area contributed by atoms with E-state index in [4.69, 9.17) is 5.73 Å². The quantitative estimate of drug-likeness (QED) is 0.575. The number of nitrogens with two attached hydrogens (primary N) is 1. The number of thioether (sulfide) groups is 1. The second-order valence-electron chi connectivity index (χ2n) is 4.85. The number of H-pyrrole nitrogens is 1. The predicted molar refractivity (Wildman–Crippen MR) is 87.5 cm³/mol. The van der Waals surface area contributed by atoms with Gasteiger partial charge in [0.15, 0.2) is 5.16 Å². The molecule has 3 aromatic rings. The maximum Gasteiger partial charge on any atom is 0.253 e. The number of nitrogens with one attached hydrogen (secondary N) is 1. The van der Waals surface area contributed by atoms with Crippen molar-refractivity contribution < 1.29 is 0 Å². The third kappa shape index (κ3) is 2.92. The summed E-state index contributed by atoms with van der Waals surface area (Å²) in [4.78, 5) is 18.3. The molecule has 0 amide bonds. The van der Waals surface area contributed by atoms with E-state index in [1.54, 1.807) is 0 Å². The molecule has 0 fully saturated rings. The highest BCUT2D eigenvalue weighted by Crippen LogP contribution is 2.28. The third-order valence-electron chi connectivity index (χ3n) is 3.37. The van der Waals surface area contributed by atoms with Crippen LogP contribution in [-0.4, -0.2) is 9.97 Å². The van der Waals surface area contributed by atoms with Gasteiger partial charge in [-0.1, -0.05) is 48.2 Å². The number of anilines is 1. The van der Waals surface area contributed by atoms with Gasteiger partial charge in [0.25, 0.3) is 5.56 Å². The Morgan fingerprint density at radius 3 is 2.86 bits per heavy atom. The average molecular weight is 297 g/mol. The second kappa shape index (κ2) is 5.61. The summed E-state index contributed by atoms with van der Waals surface area (Å²) in [6.07, 6.45) is 0. The first-order chi connectivity index (χ1) is 10.1. The number of nitrogen functional groups attached to an aromatic ring is 1. The standard InChI is InChI=1S/C16H15N3OS/c1-10-6-7-11-4-2-3-5-12(11)13(10)9-21-16-18-14(17)8-15(20)19-16/h2-8H,9H2,1H3,(H3,17,18,19,20). The van der Waals surface area contributed by atoms with Crippen LogP contribution in [0.25, 0.3) is 10.8 Å². The van der Waals surface area contributed by atoms with Gasteiger partial charge >= 0.3 is 0 Å². The minimum atomic E-state index is -0.223. The van der Waals surface area contributed by atoms with E-state index in [1.807, 2.05) is 12.1 Å². The molecule has 0 saturated carbocycles. The highest BCUT2D eigenvalue weighted by atomic mass is 32.2. The van der Waals surface area contributed by atoms with Gasteiger partial charge in [-0.25, -0.2) is 4.98 Å². The fraction of sp³-hybridized carbons (Fsp3) is 0.125. The summed E-state index contributed by atoms with van der Waals surface area (Å²) in [5, 5.41) is 3.00. The minimum absolute atomic E-state index is 0.223. The van der Waals surface area contributed by atoms with Crippen LogP contribution in [0.4, 0.5) is 5.82 Å². The van der Waals surface area contributed by atoms with Crippen LogP contribution in [0.2, 0.25) is 0 Å². The molecular weight excluding hydrogens is 282 g/mol. The molecule has 0 aliphatic carbocycles. The Morgan fingerprint density at radius 2 is 2.05 bits per heavy atom. The van der Waals surface area contributed by atoms with Crippen molar-refractivity contribution in [3.63, 3.8) is 0 Å². The van der Waals surface area contributed by atoms with Gasteiger partial charge in [0, 0.05) is 11.8 Å². The van der Waals surface area contributed by atoms with Gasteiger partial charge in [0.05, 0.1) is 0 Å². The number of rotatable bonds is 3. The van der Waals surface area contributed by atoms with Crippen LogP contribution < -0.4 is 11.3 Å². The van der Waals surface area contributed by atoms with E-state index >= 15 is 0 Å². The lowest BCUT2D eigenvalue weighted by atomic mass is 10.0. The van der Waals surface area contributed by atoms with Gasteiger partial charge < -0.3 is 10.7 Å². The van der Waals surface area contributed by atoms with E-state index in [1.165, 1.54) is 39.7 Å². The zero-order chi connectivity index (χ0) is 14.8. The number of aromatic nitrogens is 2. The molecule has 0 radical (unpaired) electrons. The van der Waals surface area contributed by atoms with Crippen molar-refractivity contribution in [2.24, 2.45) is 0 Å². The second-order valence-corrected chi connectivity index (χ2v) is 5.81. The Balaban J connectivity index is 1.95. The fourth-order valence-corrected chi connectivity index (χ4v) is 3.31. The summed E-state index contributed by atoms with van der Waals surface area (Å²) in [5.74, 6) is 0.982. The van der Waals surface area contributed by atoms with E-state index in [9.17, 15) is 4.79 Å². The molecule has 21 heavy (non-hydrogen) atoms. The molecule has 3 N–H and O–H groups in total. The molecule has 2 aromatic carbocycles. The van der Waals surface area contributed by atoms with Gasteiger partial charge in [0.1, 0.15) is 5.82 Å². The Hall–Kier alpha value is -2.27. The lowest BCUT2D eigenvalue weighted by molar-refractivity contribution is 0.945. The van der Waals surface area contributed by atoms with Gasteiger partial charge in [-0.15, -0.1) is 0 Å². The van der Waals surface area contributed by atoms with Gasteiger partial charge in [-0.2, -0.15) is 0 Å². The highest BCUT2D eigenvalue weighted by Gasteiger charge is 2.07. The summed E-state index contributed by atoms with van der Waals surface area (Å²) < 4.78 is 0. The largest absolute Gasteiger partial charge is 0.383 e. The number of hydrogen-bond acceptors (Lipinski definition) is 4. The summed E-state index contributed by atoms with van der Waals surface area (Å²) in [6.45, 7) is 2.10. The van der Waals surface area contributed by atoms with E-state index in [-0.39, 0.29) is 11.4 Å². The van der Waals surface area contributed by atoms with Crippen LogP contribution in [0.3, 0.4) is 0 Å². The van der Waals surface area contributed by atoms with Crippen molar-refractivity contribution >= 4 is 28.4 Å². The highest BCUT2D eigenvalue weighted by molar-refractivity contribution is 7.98. The summed E-state index contributed by atoms with van der Waals surface area (Å²) in [7, 11) is 0. The van der Waals surface area contributed by atoms with Crippen LogP contribution >= 0.6 is 11.8 Å². The van der Waals surface area contributed by atoms with E-state index in [0.717, 1.165) is 5.75 Å². The molecular formula is C16H15N3OS. The fourth-order valence-electron chi connectivity index (χ4n) is 2.30. The molecule has 0 aliphatic rings. The lowest BCUT2D eigenvalue weighted by Crippen LogP contribution is -2.09. The molecule has 106 valence electrons. The van der Waals surface area contributed by atoms with Crippen molar-refractivity contribution in [3.05, 3.63) is 63.9 Å². The third-order valence-corrected chi connectivity index (χ3v) is 4.27. The Morgan fingerprint density at radius 1 is 1.24 bits per heavy atom. The molecule has 3 rings (SSSR count). The van der Waals surface area contributed by atoms with Crippen molar-refractivity contribution in [2.45, 2.75) is 17.8 Å². The van der Waals surface area contributed by atoms with Crippen LogP contribution in [-0.2, 0) is 5.75 Å². The number of aromatic amines is 1. The number of benzene rings is 2. The maximum absolute atomic E-state index is 11.4. The summed E-state index contributed by atoms with van der Waals surface area (Å²) in [6, 6.07) is 13.8. The zero-order valence-electron chi connectivity index (χ0n) is 11.6. The zero-order valence-corrected chi connectivity index (χ0v) is 12.4. The molecule has 0 atom stereocenters. The van der Waals surface area contributed by atoms with Crippen molar-refractivity contribution in [2.75, 3.05) is 5.73 Å². The molecule has 1 aromatic heterocycles. The molecule has 0 saturated heterocycles. The summed E-state index contributed by atoms with van der Waals surface area (Å²) >= 11 is 1.48. The van der Waals surface area contributed by atoms with Crippen LogP contribution in [0.1, 0.15) is 11.1 Å². The molecule has 5 heteroatoms. The van der Waals surface area contributed by atoms with E-state index < -0.39 is 0 Å². The lowest BCUT2D eigenvalue weighted by Gasteiger charge is -2.10. The number of fused-ring (bicyclic) bond motifs is 1. The monoisotopic (exact) mass is 297 g/mol. The first kappa shape index (κ1) is 13.7. The Bertz CT molecular complexity index is 858. The molecule has 0 aliphatic heterocycles. The van der Waals surface area contributed by atoms with Gasteiger partial charge in [0.2, 0.25) is 0 Å². The first-order valence-electron chi connectivity index (χ1n) is 6.60. The average Bonchev–Trinajstić information content (AvgIpc) is 2.45. The maximum atomic E-state index is 11.4. The van der Waals surface area contributed by atoms with E-state index in [2.05, 4.69) is 41.2 Å². The van der Waals surface area contributed by atoms with Crippen molar-refractivity contribution in [1.29, 1.82) is 0 Å². The summed E-state index contributed by atoms with van der Waals surface area (Å²) in [5.41, 5.74) is 7.86. The Kier molecular flexibility index (Phi) is 3.66. The van der Waals surface area contributed by atoms with Gasteiger partial charge in [-0.3, -0.25) is 4.79 Å². The first-order valence-corrected chi connectivity index (χ1v) is 7.59. The predicted octanol–water partition coefficient (Wildman–Crippen LogP) is 3.11. The number of hydrogen-bond donors (Lipinski definition) is 2. The SMILES string of the molecule is Cc1ccc2ccccc2c1CSc1nc(N)cc(=O)[nH]1. The number of aryl methyl sites for hydroxylation is 1. The van der Waals surface area contributed by atoms with Crippen LogP contribution in [0.15, 0.2) is 52.4 Å². The molecule has 0 unspecified atom stereocenters. The van der Waals surface area contributed by atoms with Crippen molar-refractivity contribution in [3.8, 4) is 0 Å². The smallest absolute Gasteiger partial charge is 0.253 e. The number of nitrogens with zero attached hydrogens (tertiary/aromatic N) is 1. The minimum Gasteiger partial charge on any atom is -0.383 e. The van der Waals surface area contributed by atoms with Gasteiger partial charge in [-0.05, 0) is 28.8 Å². The molecule has 4 nitrogen and oxygen atoms in total. The van der Waals surface area contributed by atoms with E-state index in [0.29, 0.717) is 5.16 Å². The topological polar surface area (TPSA) is 71.8 Å². The van der Waals surface area contributed by atoms with Crippen molar-refractivity contribution in [1.82, 2.24) is 9.97 Å². The van der Waals surface area contributed by atoms with Crippen LogP contribution in [0.5, 0.6) is 0 Å².